The molecule has 1 aromatic heterocycles. The van der Waals surface area contributed by atoms with Gasteiger partial charge in [-0.05, 0) is 61.6 Å². The van der Waals surface area contributed by atoms with Crippen LogP contribution in [-0.4, -0.2) is 71.4 Å². The molecular formula is C31H41BrN6O5S. The SMILES string of the molecule is Cc1cnc(C(=O)N[C@@H](Cc2ccccc2Br)C(=O)NCCCC[C@H](CO)N(CC(C)C)S(=O)(=O)c2ccc(N)cc2)cn1. The van der Waals surface area contributed by atoms with Crippen molar-refractivity contribution in [2.24, 2.45) is 5.92 Å². The van der Waals surface area contributed by atoms with E-state index < -0.39 is 28.0 Å². The van der Waals surface area contributed by atoms with Crippen LogP contribution in [-0.2, 0) is 21.2 Å². The molecule has 13 heteroatoms. The number of rotatable bonds is 16. The van der Waals surface area contributed by atoms with Crippen LogP contribution in [0.15, 0.2) is 70.3 Å². The molecule has 2 aromatic carbocycles. The predicted octanol–water partition coefficient (Wildman–Crippen LogP) is 3.47. The molecule has 0 spiro atoms. The van der Waals surface area contributed by atoms with Crippen LogP contribution < -0.4 is 16.4 Å². The highest BCUT2D eigenvalue weighted by Gasteiger charge is 2.31. The first-order chi connectivity index (χ1) is 20.9. The number of hydrogen-bond donors (Lipinski definition) is 4. The zero-order chi connectivity index (χ0) is 32.3. The summed E-state index contributed by atoms with van der Waals surface area (Å²) < 4.78 is 29.1. The van der Waals surface area contributed by atoms with Gasteiger partial charge in [0, 0.05) is 41.9 Å². The molecule has 0 aliphatic heterocycles. The lowest BCUT2D eigenvalue weighted by Gasteiger charge is -2.31. The Balaban J connectivity index is 1.63. The van der Waals surface area contributed by atoms with Gasteiger partial charge >= 0.3 is 0 Å². The van der Waals surface area contributed by atoms with Crippen molar-refractivity contribution in [2.45, 2.75) is 63.4 Å². The van der Waals surface area contributed by atoms with Gasteiger partial charge in [-0.2, -0.15) is 4.31 Å². The van der Waals surface area contributed by atoms with E-state index in [4.69, 9.17) is 5.73 Å². The number of unbranched alkanes of at least 4 members (excludes halogenated alkanes) is 1. The van der Waals surface area contributed by atoms with E-state index in [1.165, 1.54) is 41.0 Å². The van der Waals surface area contributed by atoms with Gasteiger partial charge in [-0.3, -0.25) is 14.6 Å². The maximum absolute atomic E-state index is 13.5. The number of sulfonamides is 1. The second-order valence-corrected chi connectivity index (χ2v) is 13.8. The lowest BCUT2D eigenvalue weighted by atomic mass is 10.0. The second-order valence-electron chi connectivity index (χ2n) is 11.0. The molecule has 0 saturated heterocycles. The fourth-order valence-corrected chi connectivity index (χ4v) is 6.84. The number of nitrogens with zero attached hydrogens (tertiary/aromatic N) is 3. The molecule has 3 rings (SSSR count). The Morgan fingerprint density at radius 1 is 1.05 bits per heavy atom. The Kier molecular flexibility index (Phi) is 13.3. The summed E-state index contributed by atoms with van der Waals surface area (Å²) in [6.45, 7) is 5.82. The quantitative estimate of drug-likeness (QED) is 0.131. The lowest BCUT2D eigenvalue weighted by molar-refractivity contribution is -0.122. The van der Waals surface area contributed by atoms with Crippen molar-refractivity contribution in [1.29, 1.82) is 0 Å². The van der Waals surface area contributed by atoms with Gasteiger partial charge in [-0.25, -0.2) is 13.4 Å². The van der Waals surface area contributed by atoms with Crippen LogP contribution in [0.3, 0.4) is 0 Å². The number of aromatic nitrogens is 2. The Morgan fingerprint density at radius 2 is 1.75 bits per heavy atom. The Morgan fingerprint density at radius 3 is 2.36 bits per heavy atom. The van der Waals surface area contributed by atoms with Crippen LogP contribution in [0.1, 0.15) is 54.9 Å². The molecule has 5 N–H and O–H groups in total. The summed E-state index contributed by atoms with van der Waals surface area (Å²) in [6.07, 6.45) is 4.59. The standard InChI is InChI=1S/C31H41BrN6O5S/c1-21(2)19-38(44(42,43)26-13-11-24(33)12-14-26)25(20-39)9-6-7-15-34-30(40)28(16-23-8-4-5-10-27(23)32)37-31(41)29-18-35-22(3)17-36-29/h4-5,8,10-14,17-18,21,25,28,39H,6-7,9,15-16,19-20,33H2,1-3H3,(H,34,40)(H,37,41)/t25-,28+/m1/s1. The number of aliphatic hydroxyl groups is 1. The minimum absolute atomic E-state index is 0.0366. The Labute approximate surface area is 267 Å². The molecule has 0 radical (unpaired) electrons. The van der Waals surface area contributed by atoms with Gasteiger partial charge in [0.05, 0.1) is 23.4 Å². The number of nitrogens with one attached hydrogen (secondary N) is 2. The molecule has 44 heavy (non-hydrogen) atoms. The first kappa shape index (κ1) is 35.1. The number of nitrogens with two attached hydrogens (primary N) is 1. The lowest BCUT2D eigenvalue weighted by Crippen LogP contribution is -2.48. The molecule has 3 aromatic rings. The number of hydrogen-bond acceptors (Lipinski definition) is 8. The summed E-state index contributed by atoms with van der Waals surface area (Å²) in [5.74, 6) is -0.835. The van der Waals surface area contributed by atoms with Crippen molar-refractivity contribution < 1.29 is 23.1 Å². The molecular weight excluding hydrogens is 648 g/mol. The maximum Gasteiger partial charge on any atom is 0.272 e. The summed E-state index contributed by atoms with van der Waals surface area (Å²) in [6, 6.07) is 12.0. The van der Waals surface area contributed by atoms with Gasteiger partial charge in [-0.1, -0.05) is 54.4 Å². The normalized spacial score (nSPS) is 13.1. The monoisotopic (exact) mass is 688 g/mol. The van der Waals surface area contributed by atoms with Crippen molar-refractivity contribution in [2.75, 3.05) is 25.4 Å². The average Bonchev–Trinajstić information content (AvgIpc) is 2.99. The van der Waals surface area contributed by atoms with E-state index in [2.05, 4.69) is 36.5 Å². The minimum atomic E-state index is -3.87. The summed E-state index contributed by atoms with van der Waals surface area (Å²) in [4.78, 5) is 34.5. The highest BCUT2D eigenvalue weighted by molar-refractivity contribution is 9.10. The van der Waals surface area contributed by atoms with Crippen molar-refractivity contribution >= 4 is 43.5 Å². The van der Waals surface area contributed by atoms with E-state index in [0.717, 1.165) is 10.0 Å². The first-order valence-electron chi connectivity index (χ1n) is 14.5. The van der Waals surface area contributed by atoms with Crippen molar-refractivity contribution in [3.63, 3.8) is 0 Å². The van der Waals surface area contributed by atoms with E-state index in [-0.39, 0.29) is 42.0 Å². The summed E-state index contributed by atoms with van der Waals surface area (Å²) in [7, 11) is -3.87. The summed E-state index contributed by atoms with van der Waals surface area (Å²) in [5, 5.41) is 15.9. The van der Waals surface area contributed by atoms with Crippen LogP contribution in [0.5, 0.6) is 0 Å². The van der Waals surface area contributed by atoms with Crippen LogP contribution in [0.2, 0.25) is 0 Å². The molecule has 1 heterocycles. The highest BCUT2D eigenvalue weighted by Crippen LogP contribution is 2.23. The first-order valence-corrected chi connectivity index (χ1v) is 16.7. The van der Waals surface area contributed by atoms with Crippen molar-refractivity contribution in [1.82, 2.24) is 24.9 Å². The summed E-state index contributed by atoms with van der Waals surface area (Å²) in [5.41, 5.74) is 7.83. The van der Waals surface area contributed by atoms with Gasteiger partial charge in [0.25, 0.3) is 5.91 Å². The van der Waals surface area contributed by atoms with Crippen molar-refractivity contribution in [3.05, 3.63) is 82.3 Å². The molecule has 0 aliphatic rings. The van der Waals surface area contributed by atoms with E-state index in [1.807, 2.05) is 38.1 Å². The molecule has 2 atom stereocenters. The predicted molar refractivity (Wildman–Crippen MR) is 173 cm³/mol. The van der Waals surface area contributed by atoms with Crippen LogP contribution >= 0.6 is 15.9 Å². The molecule has 0 bridgehead atoms. The third-order valence-corrected chi connectivity index (χ3v) is 9.64. The smallest absolute Gasteiger partial charge is 0.272 e. The number of nitrogen functional groups attached to an aromatic ring is 1. The fourth-order valence-electron chi connectivity index (χ4n) is 4.58. The number of amides is 2. The molecule has 11 nitrogen and oxygen atoms in total. The Hall–Kier alpha value is -3.39. The molecule has 0 unspecified atom stereocenters. The van der Waals surface area contributed by atoms with Gasteiger partial charge in [-0.15, -0.1) is 0 Å². The van der Waals surface area contributed by atoms with Gasteiger partial charge in [0.1, 0.15) is 11.7 Å². The van der Waals surface area contributed by atoms with E-state index in [9.17, 15) is 23.1 Å². The molecule has 0 aliphatic carbocycles. The number of carbonyl (C=O) groups is 2. The van der Waals surface area contributed by atoms with Crippen LogP contribution in [0.4, 0.5) is 5.69 Å². The summed E-state index contributed by atoms with van der Waals surface area (Å²) >= 11 is 3.51. The van der Waals surface area contributed by atoms with E-state index in [0.29, 0.717) is 37.2 Å². The number of benzene rings is 2. The fraction of sp³-hybridized carbons (Fsp3) is 0.419. The van der Waals surface area contributed by atoms with E-state index in [1.54, 1.807) is 6.92 Å². The van der Waals surface area contributed by atoms with Crippen LogP contribution in [0.25, 0.3) is 0 Å². The minimum Gasteiger partial charge on any atom is -0.399 e. The third-order valence-electron chi connectivity index (χ3n) is 6.93. The molecule has 0 fully saturated rings. The van der Waals surface area contributed by atoms with Gasteiger partial charge < -0.3 is 21.5 Å². The topological polar surface area (TPSA) is 168 Å². The number of halogens is 1. The maximum atomic E-state index is 13.5. The molecule has 238 valence electrons. The average molecular weight is 690 g/mol. The van der Waals surface area contributed by atoms with Crippen molar-refractivity contribution in [3.8, 4) is 0 Å². The second kappa shape index (κ2) is 16.6. The number of carbonyl (C=O) groups excluding carboxylic acids is 2. The zero-order valence-electron chi connectivity index (χ0n) is 25.2. The molecule has 2 amide bonds. The number of aryl methyl sites for hydroxylation is 1. The zero-order valence-corrected chi connectivity index (χ0v) is 27.6. The largest absolute Gasteiger partial charge is 0.399 e. The van der Waals surface area contributed by atoms with Gasteiger partial charge in [0.15, 0.2) is 0 Å². The van der Waals surface area contributed by atoms with E-state index >= 15 is 0 Å². The van der Waals surface area contributed by atoms with Gasteiger partial charge in [0.2, 0.25) is 15.9 Å². The number of aliphatic hydroxyl groups excluding tert-OH is 1. The molecule has 0 saturated carbocycles. The van der Waals surface area contributed by atoms with Crippen LogP contribution in [0, 0.1) is 12.8 Å². The number of anilines is 1. The Bertz CT molecular complexity index is 1490. The highest BCUT2D eigenvalue weighted by atomic mass is 79.9. The third kappa shape index (κ3) is 10.1.